The van der Waals surface area contributed by atoms with Gasteiger partial charge in [-0.25, -0.2) is 0 Å². The fourth-order valence-corrected chi connectivity index (χ4v) is 2.96. The maximum absolute atomic E-state index is 10.4. The molecule has 1 aliphatic heterocycles. The van der Waals surface area contributed by atoms with Gasteiger partial charge in [0, 0.05) is 13.1 Å². The van der Waals surface area contributed by atoms with Crippen molar-refractivity contribution in [2.45, 2.75) is 33.3 Å². The quantitative estimate of drug-likeness (QED) is 0.828. The molecular weight excluding hydrogens is 256 g/mol. The number of nitrogens with zero attached hydrogens (tertiary/aromatic N) is 6. The molecule has 108 valence electrons. The zero-order valence-electron chi connectivity index (χ0n) is 12.1. The first kappa shape index (κ1) is 13.2. The number of anilines is 1. The van der Waals surface area contributed by atoms with Crippen LogP contribution in [-0.2, 0) is 0 Å². The van der Waals surface area contributed by atoms with Crippen LogP contribution in [0.3, 0.4) is 0 Å². The summed E-state index contributed by atoms with van der Waals surface area (Å²) in [6.07, 6.45) is 0.620. The van der Waals surface area contributed by atoms with Gasteiger partial charge in [-0.1, -0.05) is 20.8 Å². The summed E-state index contributed by atoms with van der Waals surface area (Å²) in [7, 11) is 0. The Labute approximate surface area is 117 Å². The van der Waals surface area contributed by atoms with Gasteiger partial charge in [0.15, 0.2) is 11.5 Å². The van der Waals surface area contributed by atoms with E-state index in [0.29, 0.717) is 18.1 Å². The molecule has 0 aliphatic carbocycles. The predicted octanol–water partition coefficient (Wildman–Crippen LogP) is 0.753. The molecule has 3 rings (SSSR count). The third-order valence-electron chi connectivity index (χ3n) is 4.07. The molecule has 1 fully saturated rings. The Morgan fingerprint density at radius 2 is 2.10 bits per heavy atom. The normalized spacial score (nSPS) is 24.3. The van der Waals surface area contributed by atoms with E-state index in [0.717, 1.165) is 18.8 Å². The number of rotatable bonds is 1. The van der Waals surface area contributed by atoms with Crippen LogP contribution in [0.15, 0.2) is 12.1 Å². The first-order chi connectivity index (χ1) is 9.45. The monoisotopic (exact) mass is 276 g/mol. The third kappa shape index (κ3) is 2.33. The molecular formula is C13H20N6O. The van der Waals surface area contributed by atoms with E-state index in [-0.39, 0.29) is 11.5 Å². The highest BCUT2D eigenvalue weighted by molar-refractivity contribution is 5.44. The second-order valence-corrected chi connectivity index (χ2v) is 6.49. The lowest BCUT2D eigenvalue weighted by atomic mass is 9.74. The first-order valence-electron chi connectivity index (χ1n) is 6.93. The fourth-order valence-electron chi connectivity index (χ4n) is 2.96. The second kappa shape index (κ2) is 4.66. The smallest absolute Gasteiger partial charge is 0.200 e. The van der Waals surface area contributed by atoms with Gasteiger partial charge in [0.1, 0.15) is 0 Å². The van der Waals surface area contributed by atoms with Crippen molar-refractivity contribution in [1.82, 2.24) is 25.3 Å². The zero-order chi connectivity index (χ0) is 14.3. The van der Waals surface area contributed by atoms with E-state index >= 15 is 0 Å². The van der Waals surface area contributed by atoms with Crippen LogP contribution in [0.1, 0.15) is 27.2 Å². The van der Waals surface area contributed by atoms with E-state index in [4.69, 9.17) is 0 Å². The molecule has 20 heavy (non-hydrogen) atoms. The average molecular weight is 276 g/mol. The molecule has 0 bridgehead atoms. The molecule has 2 aromatic heterocycles. The van der Waals surface area contributed by atoms with Crippen molar-refractivity contribution in [2.24, 2.45) is 11.3 Å². The van der Waals surface area contributed by atoms with Crippen molar-refractivity contribution in [3.63, 3.8) is 0 Å². The number of hydrogen-bond donors (Lipinski definition) is 1. The van der Waals surface area contributed by atoms with Crippen molar-refractivity contribution >= 4 is 11.5 Å². The van der Waals surface area contributed by atoms with Crippen LogP contribution in [0.4, 0.5) is 5.82 Å². The van der Waals surface area contributed by atoms with Gasteiger partial charge < -0.3 is 10.0 Å². The fraction of sp³-hybridized carbons (Fsp3) is 0.692. The summed E-state index contributed by atoms with van der Waals surface area (Å²) >= 11 is 0. The van der Waals surface area contributed by atoms with Crippen LogP contribution in [0.5, 0.6) is 0 Å². The van der Waals surface area contributed by atoms with E-state index in [1.165, 1.54) is 4.63 Å². The number of tetrazole rings is 1. The minimum atomic E-state index is -0.338. The number of aliphatic hydroxyl groups is 1. The van der Waals surface area contributed by atoms with Crippen LogP contribution < -0.4 is 4.90 Å². The van der Waals surface area contributed by atoms with E-state index in [1.807, 2.05) is 12.1 Å². The minimum absolute atomic E-state index is 0.124. The van der Waals surface area contributed by atoms with Crippen molar-refractivity contribution in [3.05, 3.63) is 12.1 Å². The molecule has 7 nitrogen and oxygen atoms in total. The molecule has 7 heteroatoms. The van der Waals surface area contributed by atoms with Gasteiger partial charge in [-0.3, -0.25) is 0 Å². The lowest BCUT2D eigenvalue weighted by molar-refractivity contribution is 0.0291. The van der Waals surface area contributed by atoms with Crippen LogP contribution in [0.25, 0.3) is 5.65 Å². The van der Waals surface area contributed by atoms with E-state index in [9.17, 15) is 5.11 Å². The molecule has 2 atom stereocenters. The van der Waals surface area contributed by atoms with E-state index in [2.05, 4.69) is 46.3 Å². The van der Waals surface area contributed by atoms with Gasteiger partial charge >= 0.3 is 0 Å². The van der Waals surface area contributed by atoms with Crippen molar-refractivity contribution in [2.75, 3.05) is 18.0 Å². The summed E-state index contributed by atoms with van der Waals surface area (Å²) in [5.74, 6) is 1.12. The highest BCUT2D eigenvalue weighted by Crippen LogP contribution is 2.35. The lowest BCUT2D eigenvalue weighted by Gasteiger charge is -2.42. The highest BCUT2D eigenvalue weighted by atomic mass is 16.3. The Kier molecular flexibility index (Phi) is 3.08. The minimum Gasteiger partial charge on any atom is -0.391 e. The van der Waals surface area contributed by atoms with Crippen LogP contribution in [-0.4, -0.2) is 49.6 Å². The summed E-state index contributed by atoms with van der Waals surface area (Å²) < 4.78 is 1.41. The Morgan fingerprint density at radius 3 is 2.80 bits per heavy atom. The summed E-state index contributed by atoms with van der Waals surface area (Å²) in [5.41, 5.74) is 0.748. The van der Waals surface area contributed by atoms with Crippen molar-refractivity contribution in [1.29, 1.82) is 0 Å². The molecule has 0 saturated carbocycles. The molecule has 0 amide bonds. The van der Waals surface area contributed by atoms with Crippen LogP contribution in [0, 0.1) is 11.3 Å². The summed E-state index contributed by atoms with van der Waals surface area (Å²) in [5, 5.41) is 26.0. The molecule has 3 heterocycles. The molecule has 1 saturated heterocycles. The number of piperidine rings is 1. The van der Waals surface area contributed by atoms with Gasteiger partial charge in [0.25, 0.3) is 0 Å². The topological polar surface area (TPSA) is 79.4 Å². The van der Waals surface area contributed by atoms with Gasteiger partial charge in [0.2, 0.25) is 0 Å². The zero-order valence-corrected chi connectivity index (χ0v) is 12.1. The van der Waals surface area contributed by atoms with E-state index < -0.39 is 0 Å². The Morgan fingerprint density at radius 1 is 1.30 bits per heavy atom. The van der Waals surface area contributed by atoms with Gasteiger partial charge in [0.05, 0.1) is 6.10 Å². The molecule has 2 aromatic rings. The number of β-amino-alcohol motifs (C(OH)–C–C–N with tert-alkyl or cyclic N) is 1. The first-order valence-corrected chi connectivity index (χ1v) is 6.93. The highest BCUT2D eigenvalue weighted by Gasteiger charge is 2.36. The molecule has 1 aliphatic rings. The number of aromatic nitrogens is 5. The SMILES string of the molecule is CC(C)(C)C1CCN(c2ccc3nnnn3n2)CC1O. The largest absolute Gasteiger partial charge is 0.391 e. The van der Waals surface area contributed by atoms with Crippen LogP contribution in [0.2, 0.25) is 0 Å². The molecule has 0 aromatic carbocycles. The maximum atomic E-state index is 10.4. The Hall–Kier alpha value is -1.76. The molecule has 0 radical (unpaired) electrons. The number of hydrogen-bond acceptors (Lipinski definition) is 6. The molecule has 0 spiro atoms. The molecule has 1 N–H and O–H groups in total. The van der Waals surface area contributed by atoms with Gasteiger partial charge in [-0.15, -0.1) is 14.8 Å². The summed E-state index contributed by atoms with van der Waals surface area (Å²) in [4.78, 5) is 2.09. The summed E-state index contributed by atoms with van der Waals surface area (Å²) in [6.45, 7) is 8.04. The van der Waals surface area contributed by atoms with Crippen molar-refractivity contribution < 1.29 is 5.11 Å². The predicted molar refractivity (Wildman–Crippen MR) is 74.4 cm³/mol. The number of aliphatic hydroxyl groups excluding tert-OH is 1. The average Bonchev–Trinajstić information content (AvgIpc) is 2.84. The third-order valence-corrected chi connectivity index (χ3v) is 4.07. The Balaban J connectivity index is 1.79. The maximum Gasteiger partial charge on any atom is 0.200 e. The lowest BCUT2D eigenvalue weighted by Crippen LogP contribution is -2.48. The van der Waals surface area contributed by atoms with Crippen LogP contribution >= 0.6 is 0 Å². The molecule has 2 unspecified atom stereocenters. The Bertz CT molecular complexity index is 604. The van der Waals surface area contributed by atoms with Crippen molar-refractivity contribution in [3.8, 4) is 0 Å². The summed E-state index contributed by atoms with van der Waals surface area (Å²) in [6, 6.07) is 3.74. The van der Waals surface area contributed by atoms with E-state index in [1.54, 1.807) is 0 Å². The van der Waals surface area contributed by atoms with Gasteiger partial charge in [-0.2, -0.15) is 0 Å². The standard InChI is InChI=1S/C13H20N6O/c1-13(2,3)9-6-7-18(8-10(9)20)12-5-4-11-14-16-17-19(11)15-12/h4-5,9-10,20H,6-8H2,1-3H3. The second-order valence-electron chi connectivity index (χ2n) is 6.49. The number of fused-ring (bicyclic) bond motifs is 1. The van der Waals surface area contributed by atoms with Gasteiger partial charge in [-0.05, 0) is 40.3 Å².